The van der Waals surface area contributed by atoms with E-state index in [0.717, 1.165) is 109 Å². The SMILES string of the molecule is O=S(=O)(O)c1cc(NS(=O)(=O)c2ccc(NS(=O)(=O)c3ccc(Cl)c(Cl)c3)cc2)ccc1C=Cc1ccc(NS(=O)(=O)c2ccc(NS(=O)(=O)c3ccc(Cl)c(Cl)c3)cc2)cc1S(=O)(=O)O.[Na+].[Na+]. The van der Waals surface area contributed by atoms with Gasteiger partial charge in [-0.1, -0.05) is 70.7 Å². The summed E-state index contributed by atoms with van der Waals surface area (Å²) in [6.07, 6.45) is 2.01. The Hall–Kier alpha value is -2.96. The second-order valence-corrected chi connectivity index (χ2v) is 24.5. The Morgan fingerprint density at radius 1 is 0.338 bits per heavy atom. The summed E-state index contributed by atoms with van der Waals surface area (Å²) >= 11 is 23.5. The molecular weight excluding hydrogens is 1120 g/mol. The third-order valence-electron chi connectivity index (χ3n) is 8.77. The predicted molar refractivity (Wildman–Crippen MR) is 250 cm³/mol. The Morgan fingerprint density at radius 2 is 0.603 bits per heavy atom. The van der Waals surface area contributed by atoms with Crippen LogP contribution in [0.1, 0.15) is 11.1 Å². The van der Waals surface area contributed by atoms with Crippen molar-refractivity contribution in [1.82, 2.24) is 0 Å². The Bertz CT molecular complexity index is 3410. The number of halogens is 4. The van der Waals surface area contributed by atoms with Gasteiger partial charge in [0.25, 0.3) is 60.3 Å². The van der Waals surface area contributed by atoms with Gasteiger partial charge in [-0.25, -0.2) is 33.7 Å². The summed E-state index contributed by atoms with van der Waals surface area (Å²) < 4.78 is 183. The summed E-state index contributed by atoms with van der Waals surface area (Å²) in [5, 5.41) is 0.206. The largest absolute Gasteiger partial charge is 1.00 e. The second-order valence-electron chi connectivity index (χ2n) is 13.4. The van der Waals surface area contributed by atoms with Crippen molar-refractivity contribution in [2.75, 3.05) is 18.9 Å². The van der Waals surface area contributed by atoms with Crippen molar-refractivity contribution in [3.63, 3.8) is 0 Å². The Balaban J connectivity index is 0.00000504. The number of hydrogen-bond acceptors (Lipinski definition) is 12. The third-order valence-corrected chi connectivity index (χ3v) is 17.6. The van der Waals surface area contributed by atoms with E-state index in [2.05, 4.69) is 18.9 Å². The molecule has 0 radical (unpaired) electrons. The summed E-state index contributed by atoms with van der Waals surface area (Å²) in [4.78, 5) is -2.92. The molecule has 0 amide bonds. The molecular formula is C38H28Cl4N4Na2O14S6+2. The monoisotopic (exact) mass is 1140 g/mol. The van der Waals surface area contributed by atoms with Crippen LogP contribution in [0.2, 0.25) is 20.1 Å². The van der Waals surface area contributed by atoms with Crippen molar-refractivity contribution in [2.24, 2.45) is 0 Å². The van der Waals surface area contributed by atoms with Crippen LogP contribution in [0.15, 0.2) is 151 Å². The van der Waals surface area contributed by atoms with Crippen LogP contribution in [0.25, 0.3) is 12.2 Å². The molecule has 0 saturated carbocycles. The van der Waals surface area contributed by atoms with Gasteiger partial charge >= 0.3 is 59.1 Å². The first kappa shape index (κ1) is 57.6. The molecule has 0 aliphatic carbocycles. The number of sulfonamides is 4. The molecule has 18 nitrogen and oxygen atoms in total. The maximum atomic E-state index is 13.2. The molecule has 0 aliphatic rings. The van der Waals surface area contributed by atoms with Crippen LogP contribution in [0.3, 0.4) is 0 Å². The molecule has 0 fully saturated rings. The van der Waals surface area contributed by atoms with Crippen molar-refractivity contribution in [3.8, 4) is 0 Å². The van der Waals surface area contributed by atoms with E-state index in [-0.39, 0.29) is 133 Å². The standard InChI is InChI=1S/C38H28Cl4N4O14S6.2Na/c39-33-17-15-31(21-35(33)41)63(51,52)43-25-7-11-29(12-8-25)61(47,48)45-27-5-3-23(37(19-27)65(55,56)57)1-2-24-4-6-28(20-38(24)66(58,59)60)46-62(49,50)30-13-9-26(10-14-30)44-64(53,54)32-16-18-34(40)36(42)22-32;;/h1-22,43-46H,(H,55,56,57)(H,58,59,60);;/q;2*+1. The van der Waals surface area contributed by atoms with E-state index in [4.69, 9.17) is 46.4 Å². The van der Waals surface area contributed by atoms with Gasteiger partial charge in [-0.05, 0) is 120 Å². The van der Waals surface area contributed by atoms with Crippen molar-refractivity contribution >= 4 is 142 Å². The molecule has 0 bridgehead atoms. The number of nitrogens with one attached hydrogen (secondary N) is 4. The van der Waals surface area contributed by atoms with E-state index in [0.29, 0.717) is 0 Å². The van der Waals surface area contributed by atoms with Gasteiger partial charge in [0.15, 0.2) is 0 Å². The molecule has 0 aromatic heterocycles. The van der Waals surface area contributed by atoms with E-state index >= 15 is 0 Å². The molecule has 348 valence electrons. The van der Waals surface area contributed by atoms with Gasteiger partial charge in [0.2, 0.25) is 0 Å². The number of hydrogen-bond donors (Lipinski definition) is 6. The van der Waals surface area contributed by atoms with Gasteiger partial charge in [0.05, 0.1) is 51.0 Å². The Morgan fingerprint density at radius 3 is 0.897 bits per heavy atom. The van der Waals surface area contributed by atoms with Crippen LogP contribution >= 0.6 is 46.4 Å². The number of benzene rings is 6. The Labute approximate surface area is 455 Å². The third kappa shape index (κ3) is 14.3. The molecule has 0 aliphatic heterocycles. The molecule has 6 rings (SSSR count). The minimum absolute atomic E-state index is 0. The van der Waals surface area contributed by atoms with E-state index in [1.165, 1.54) is 24.3 Å². The summed E-state index contributed by atoms with van der Waals surface area (Å²) in [7, 11) is -27.5. The molecule has 0 saturated heterocycles. The Kier molecular flexibility index (Phi) is 18.8. The molecule has 68 heavy (non-hydrogen) atoms. The van der Waals surface area contributed by atoms with Crippen LogP contribution in [0, 0.1) is 0 Å². The van der Waals surface area contributed by atoms with Gasteiger partial charge in [0.1, 0.15) is 9.79 Å². The molecule has 30 heteroatoms. The fourth-order valence-electron chi connectivity index (χ4n) is 5.65. The van der Waals surface area contributed by atoms with E-state index in [9.17, 15) is 59.6 Å². The summed E-state index contributed by atoms with van der Waals surface area (Å²) in [5.41, 5.74) is -1.39. The quantitative estimate of drug-likeness (QED) is 0.0460. The molecule has 0 unspecified atom stereocenters. The second kappa shape index (κ2) is 22.2. The first-order chi connectivity index (χ1) is 30.5. The molecule has 6 aromatic rings. The maximum absolute atomic E-state index is 13.2. The first-order valence-electron chi connectivity index (χ1n) is 17.7. The number of anilines is 4. The molecule has 0 spiro atoms. The fraction of sp³-hybridized carbons (Fsp3) is 0. The fourth-order valence-corrected chi connectivity index (χ4v) is 12.1. The van der Waals surface area contributed by atoms with Crippen LogP contribution in [-0.4, -0.2) is 59.6 Å². The van der Waals surface area contributed by atoms with Crippen molar-refractivity contribution in [3.05, 3.63) is 153 Å². The minimum atomic E-state index is -5.11. The van der Waals surface area contributed by atoms with E-state index in [1.54, 1.807) is 0 Å². The topological polar surface area (TPSA) is 293 Å². The zero-order valence-corrected chi connectivity index (χ0v) is 46.4. The van der Waals surface area contributed by atoms with Gasteiger partial charge < -0.3 is 0 Å². The van der Waals surface area contributed by atoms with Gasteiger partial charge in [-0.3, -0.25) is 28.0 Å². The van der Waals surface area contributed by atoms with Gasteiger partial charge in [-0.2, -0.15) is 16.8 Å². The van der Waals surface area contributed by atoms with Crippen LogP contribution < -0.4 is 78.0 Å². The normalized spacial score (nSPS) is 12.4. The molecule has 0 heterocycles. The summed E-state index contributed by atoms with van der Waals surface area (Å²) in [6, 6.07) is 21.8. The van der Waals surface area contributed by atoms with Gasteiger partial charge in [0, 0.05) is 11.4 Å². The van der Waals surface area contributed by atoms with Gasteiger partial charge in [-0.15, -0.1) is 0 Å². The van der Waals surface area contributed by atoms with Crippen molar-refractivity contribution in [1.29, 1.82) is 0 Å². The minimum Gasteiger partial charge on any atom is -0.282 e. The van der Waals surface area contributed by atoms with E-state index < -0.39 is 70.1 Å². The van der Waals surface area contributed by atoms with Crippen LogP contribution in [-0.2, 0) is 60.3 Å². The van der Waals surface area contributed by atoms with E-state index in [1.807, 2.05) is 0 Å². The molecule has 6 N–H and O–H groups in total. The molecule has 6 aromatic carbocycles. The first-order valence-corrected chi connectivity index (χ1v) is 28.0. The summed E-state index contributed by atoms with van der Waals surface area (Å²) in [5.74, 6) is 0. The molecule has 0 atom stereocenters. The smallest absolute Gasteiger partial charge is 0.282 e. The average molecular weight is 1140 g/mol. The predicted octanol–water partition coefficient (Wildman–Crippen LogP) is 2.18. The zero-order valence-electron chi connectivity index (χ0n) is 34.5. The van der Waals surface area contributed by atoms with Crippen LogP contribution in [0.4, 0.5) is 22.7 Å². The zero-order chi connectivity index (χ0) is 48.6. The van der Waals surface area contributed by atoms with Crippen LogP contribution in [0.5, 0.6) is 0 Å². The number of rotatable bonds is 16. The average Bonchev–Trinajstić information content (AvgIpc) is 3.21. The maximum Gasteiger partial charge on any atom is 1.00 e. The van der Waals surface area contributed by atoms with Crippen molar-refractivity contribution < 1.29 is 119 Å². The van der Waals surface area contributed by atoms with Crippen molar-refractivity contribution in [2.45, 2.75) is 29.4 Å². The summed E-state index contributed by atoms with van der Waals surface area (Å²) in [6.45, 7) is 0.